The molecular formula is C19H25N3O3. The number of carboxylic acid groups (broad SMARTS) is 1. The predicted octanol–water partition coefficient (Wildman–Crippen LogP) is 4.44. The number of pyridine rings is 1. The zero-order valence-corrected chi connectivity index (χ0v) is 14.4. The first kappa shape index (κ1) is 17.6. The van der Waals surface area contributed by atoms with Gasteiger partial charge in [0.15, 0.2) is 0 Å². The third kappa shape index (κ3) is 5.11. The van der Waals surface area contributed by atoms with E-state index in [1.807, 2.05) is 12.1 Å². The van der Waals surface area contributed by atoms with E-state index in [-0.39, 0.29) is 12.3 Å². The smallest absolute Gasteiger partial charge is 0.304 e. The highest BCUT2D eigenvalue weighted by Crippen LogP contribution is 2.31. The van der Waals surface area contributed by atoms with Gasteiger partial charge >= 0.3 is 5.97 Å². The highest BCUT2D eigenvalue weighted by Gasteiger charge is 2.23. The van der Waals surface area contributed by atoms with Crippen molar-refractivity contribution in [1.82, 2.24) is 15.1 Å². The summed E-state index contributed by atoms with van der Waals surface area (Å²) in [5.41, 5.74) is 0.772. The largest absolute Gasteiger partial charge is 0.481 e. The average molecular weight is 343 g/mol. The van der Waals surface area contributed by atoms with Crippen molar-refractivity contribution in [3.05, 3.63) is 30.4 Å². The molecule has 0 amide bonds. The summed E-state index contributed by atoms with van der Waals surface area (Å²) >= 11 is 0. The number of carboxylic acids is 1. The van der Waals surface area contributed by atoms with E-state index in [0.29, 0.717) is 11.7 Å². The van der Waals surface area contributed by atoms with Crippen LogP contribution in [-0.4, -0.2) is 26.2 Å². The third-order valence-corrected chi connectivity index (χ3v) is 5.02. The fourth-order valence-electron chi connectivity index (χ4n) is 3.67. The summed E-state index contributed by atoms with van der Waals surface area (Å²) in [4.78, 5) is 19.7. The van der Waals surface area contributed by atoms with Gasteiger partial charge < -0.3 is 9.63 Å². The van der Waals surface area contributed by atoms with E-state index in [9.17, 15) is 9.90 Å². The minimum absolute atomic E-state index is 0.0271. The maximum absolute atomic E-state index is 11.2. The van der Waals surface area contributed by atoms with Gasteiger partial charge in [-0.15, -0.1) is 0 Å². The lowest BCUT2D eigenvalue weighted by Crippen LogP contribution is -2.09. The molecule has 2 heterocycles. The van der Waals surface area contributed by atoms with Crippen LogP contribution in [0.1, 0.15) is 69.6 Å². The monoisotopic (exact) mass is 343 g/mol. The molecule has 1 N–H and O–H groups in total. The molecule has 0 saturated heterocycles. The van der Waals surface area contributed by atoms with E-state index in [1.54, 1.807) is 12.4 Å². The van der Waals surface area contributed by atoms with Crippen molar-refractivity contribution in [2.75, 3.05) is 0 Å². The van der Waals surface area contributed by atoms with Crippen LogP contribution < -0.4 is 0 Å². The Balaban J connectivity index is 1.62. The van der Waals surface area contributed by atoms with Gasteiger partial charge in [-0.05, 0) is 24.5 Å². The molecule has 2 aromatic heterocycles. The van der Waals surface area contributed by atoms with Crippen molar-refractivity contribution < 1.29 is 14.4 Å². The Kier molecular flexibility index (Phi) is 6.14. The number of rotatable bonds is 8. The molecule has 0 aromatic carbocycles. The Bertz CT molecular complexity index is 666. The van der Waals surface area contributed by atoms with Crippen molar-refractivity contribution in [2.24, 2.45) is 5.92 Å². The molecule has 134 valence electrons. The highest BCUT2D eigenvalue weighted by atomic mass is 16.5. The number of hydrogen-bond donors (Lipinski definition) is 1. The molecule has 1 saturated carbocycles. The van der Waals surface area contributed by atoms with Crippen LogP contribution in [0.4, 0.5) is 0 Å². The van der Waals surface area contributed by atoms with E-state index in [4.69, 9.17) is 4.52 Å². The van der Waals surface area contributed by atoms with Crippen LogP contribution in [0.5, 0.6) is 0 Å². The first-order chi connectivity index (χ1) is 12.2. The van der Waals surface area contributed by atoms with E-state index in [1.165, 1.54) is 38.5 Å². The summed E-state index contributed by atoms with van der Waals surface area (Å²) in [7, 11) is 0. The van der Waals surface area contributed by atoms with E-state index in [2.05, 4.69) is 15.1 Å². The summed E-state index contributed by atoms with van der Waals surface area (Å²) in [5, 5.41) is 13.2. The van der Waals surface area contributed by atoms with Gasteiger partial charge in [-0.3, -0.25) is 9.78 Å². The van der Waals surface area contributed by atoms with Crippen molar-refractivity contribution in [3.63, 3.8) is 0 Å². The van der Waals surface area contributed by atoms with Crippen molar-refractivity contribution in [1.29, 1.82) is 0 Å². The number of carbonyl (C=O) groups is 1. The fourth-order valence-corrected chi connectivity index (χ4v) is 3.67. The average Bonchev–Trinajstić information content (AvgIpc) is 3.12. The summed E-state index contributed by atoms with van der Waals surface area (Å²) in [5.74, 6) is 0.631. The maximum atomic E-state index is 11.2. The second-order valence-electron chi connectivity index (χ2n) is 6.93. The predicted molar refractivity (Wildman–Crippen MR) is 92.9 cm³/mol. The number of aromatic nitrogens is 3. The maximum Gasteiger partial charge on any atom is 0.304 e. The van der Waals surface area contributed by atoms with Gasteiger partial charge in [0.2, 0.25) is 11.7 Å². The van der Waals surface area contributed by atoms with Crippen LogP contribution in [0, 0.1) is 5.92 Å². The molecule has 2 aromatic rings. The minimum Gasteiger partial charge on any atom is -0.481 e. The van der Waals surface area contributed by atoms with Gasteiger partial charge in [0.1, 0.15) is 0 Å². The Labute approximate surface area is 147 Å². The zero-order chi connectivity index (χ0) is 17.5. The lowest BCUT2D eigenvalue weighted by Gasteiger charge is -2.21. The molecular weight excluding hydrogens is 318 g/mol. The van der Waals surface area contributed by atoms with Gasteiger partial charge in [0.05, 0.1) is 6.42 Å². The van der Waals surface area contributed by atoms with Crippen LogP contribution in [0.3, 0.4) is 0 Å². The Morgan fingerprint density at radius 2 is 2.16 bits per heavy atom. The lowest BCUT2D eigenvalue weighted by atomic mass is 9.84. The molecule has 1 atom stereocenters. The highest BCUT2D eigenvalue weighted by molar-refractivity contribution is 5.67. The van der Waals surface area contributed by atoms with Gasteiger partial charge in [-0.25, -0.2) is 0 Å². The van der Waals surface area contributed by atoms with Crippen molar-refractivity contribution in [3.8, 4) is 11.4 Å². The van der Waals surface area contributed by atoms with Gasteiger partial charge in [0, 0.05) is 23.9 Å². The topological polar surface area (TPSA) is 89.1 Å². The number of aliphatic carboxylic acids is 1. The molecule has 1 aliphatic rings. The summed E-state index contributed by atoms with van der Waals surface area (Å²) in [6, 6.07) is 3.67. The summed E-state index contributed by atoms with van der Waals surface area (Å²) in [6.07, 6.45) is 13.0. The van der Waals surface area contributed by atoms with Gasteiger partial charge in [-0.2, -0.15) is 4.98 Å². The Morgan fingerprint density at radius 1 is 1.32 bits per heavy atom. The number of hydrogen-bond acceptors (Lipinski definition) is 5. The quantitative estimate of drug-likeness (QED) is 0.762. The molecule has 1 aliphatic carbocycles. The first-order valence-corrected chi connectivity index (χ1v) is 9.18. The standard InChI is InChI=1S/C19H25N3O3/c23-17(24)12-15(9-4-8-14-6-2-1-3-7-14)19-21-18(22-25-19)16-10-5-11-20-13-16/h5,10-11,13-15H,1-4,6-9,12H2,(H,23,24). The normalized spacial score (nSPS) is 16.6. The third-order valence-electron chi connectivity index (χ3n) is 5.02. The molecule has 25 heavy (non-hydrogen) atoms. The molecule has 1 unspecified atom stereocenters. The van der Waals surface area contributed by atoms with Crippen molar-refractivity contribution >= 4 is 5.97 Å². The molecule has 1 fully saturated rings. The molecule has 6 nitrogen and oxygen atoms in total. The van der Waals surface area contributed by atoms with E-state index in [0.717, 1.165) is 24.3 Å². The second-order valence-corrected chi connectivity index (χ2v) is 6.93. The molecule has 3 rings (SSSR count). The van der Waals surface area contributed by atoms with Crippen LogP contribution in [0.2, 0.25) is 0 Å². The summed E-state index contributed by atoms with van der Waals surface area (Å²) < 4.78 is 5.37. The zero-order valence-electron chi connectivity index (χ0n) is 14.4. The Hall–Kier alpha value is -2.24. The van der Waals surface area contributed by atoms with Gasteiger partial charge in [0.25, 0.3) is 0 Å². The minimum atomic E-state index is -0.830. The van der Waals surface area contributed by atoms with Gasteiger partial charge in [-0.1, -0.05) is 50.1 Å². The molecule has 6 heteroatoms. The van der Waals surface area contributed by atoms with E-state index < -0.39 is 5.97 Å². The SMILES string of the molecule is O=C(O)CC(CCCC1CCCCC1)c1nc(-c2cccnc2)no1. The second kappa shape index (κ2) is 8.74. The van der Waals surface area contributed by atoms with Crippen LogP contribution >= 0.6 is 0 Å². The van der Waals surface area contributed by atoms with Crippen molar-refractivity contribution in [2.45, 2.75) is 63.7 Å². The Morgan fingerprint density at radius 3 is 2.88 bits per heavy atom. The first-order valence-electron chi connectivity index (χ1n) is 9.18. The van der Waals surface area contributed by atoms with Crippen LogP contribution in [-0.2, 0) is 4.79 Å². The molecule has 0 bridgehead atoms. The molecule has 0 spiro atoms. The van der Waals surface area contributed by atoms with Crippen LogP contribution in [0.15, 0.2) is 29.0 Å². The fraction of sp³-hybridized carbons (Fsp3) is 0.579. The molecule has 0 aliphatic heterocycles. The summed E-state index contributed by atoms with van der Waals surface area (Å²) in [6.45, 7) is 0. The molecule has 0 radical (unpaired) electrons. The van der Waals surface area contributed by atoms with E-state index >= 15 is 0 Å². The lowest BCUT2D eigenvalue weighted by molar-refractivity contribution is -0.137. The van der Waals surface area contributed by atoms with Crippen LogP contribution in [0.25, 0.3) is 11.4 Å². The number of nitrogens with zero attached hydrogens (tertiary/aromatic N) is 3.